The maximum absolute atomic E-state index is 13.2. The van der Waals surface area contributed by atoms with Gasteiger partial charge < -0.3 is 19.3 Å². The number of halogens is 3. The van der Waals surface area contributed by atoms with Crippen LogP contribution in [0.2, 0.25) is 0 Å². The molecule has 1 aromatic heterocycles. The quantitative estimate of drug-likeness (QED) is 0.234. The SMILES string of the molecule is CCCc1c(OCCCC(=O)NCc2ccccc2CC(=O)OC(C)(C)C)ccc2c(C(F)(F)F)noc12. The monoisotopic (exact) mass is 534 g/mol. The van der Waals surface area contributed by atoms with Gasteiger partial charge in [0.25, 0.3) is 0 Å². The van der Waals surface area contributed by atoms with Crippen LogP contribution in [0.3, 0.4) is 0 Å². The average Bonchev–Trinajstić information content (AvgIpc) is 3.26. The number of nitrogens with zero attached hydrogens (tertiary/aromatic N) is 1. The molecular formula is C28H33F3N2O5. The summed E-state index contributed by atoms with van der Waals surface area (Å²) in [6.45, 7) is 7.79. The highest BCUT2D eigenvalue weighted by atomic mass is 19.4. The normalized spacial score (nSPS) is 12.0. The third-order valence-electron chi connectivity index (χ3n) is 5.62. The summed E-state index contributed by atoms with van der Waals surface area (Å²) < 4.78 is 55.8. The Bertz CT molecular complexity index is 1260. The average molecular weight is 535 g/mol. The fraction of sp³-hybridized carbons (Fsp3) is 0.464. The summed E-state index contributed by atoms with van der Waals surface area (Å²) in [5.74, 6) is -0.107. The Morgan fingerprint density at radius 3 is 2.42 bits per heavy atom. The molecule has 0 unspecified atom stereocenters. The van der Waals surface area contributed by atoms with E-state index in [4.69, 9.17) is 14.0 Å². The maximum atomic E-state index is 13.2. The predicted octanol–water partition coefficient (Wildman–Crippen LogP) is 6.16. The van der Waals surface area contributed by atoms with Gasteiger partial charge in [0.15, 0.2) is 11.3 Å². The second-order valence-electron chi connectivity index (χ2n) is 9.96. The molecule has 7 nitrogen and oxygen atoms in total. The molecule has 10 heteroatoms. The number of hydrogen-bond donors (Lipinski definition) is 1. The van der Waals surface area contributed by atoms with Crippen molar-refractivity contribution in [2.75, 3.05) is 6.61 Å². The van der Waals surface area contributed by atoms with E-state index in [1.165, 1.54) is 12.1 Å². The highest BCUT2D eigenvalue weighted by Crippen LogP contribution is 2.38. The number of benzene rings is 2. The van der Waals surface area contributed by atoms with Crippen LogP contribution in [0.15, 0.2) is 40.9 Å². The first-order valence-corrected chi connectivity index (χ1v) is 12.6. The number of carbonyl (C=O) groups excluding carboxylic acids is 2. The number of nitrogens with one attached hydrogen (secondary N) is 1. The van der Waals surface area contributed by atoms with Crippen LogP contribution >= 0.6 is 0 Å². The van der Waals surface area contributed by atoms with Crippen molar-refractivity contribution in [3.8, 4) is 5.75 Å². The number of amides is 1. The fourth-order valence-corrected chi connectivity index (χ4v) is 4.00. The second kappa shape index (κ2) is 12.3. The zero-order valence-corrected chi connectivity index (χ0v) is 22.0. The van der Waals surface area contributed by atoms with E-state index in [-0.39, 0.29) is 48.8 Å². The summed E-state index contributed by atoms with van der Waals surface area (Å²) in [6.07, 6.45) is -2.77. The van der Waals surface area contributed by atoms with Crippen LogP contribution in [0, 0.1) is 0 Å². The molecule has 0 radical (unpaired) electrons. The molecule has 2 aromatic carbocycles. The van der Waals surface area contributed by atoms with Gasteiger partial charge >= 0.3 is 12.1 Å². The lowest BCUT2D eigenvalue weighted by atomic mass is 10.0. The Labute approximate surface area is 219 Å². The first kappa shape index (κ1) is 29.0. The van der Waals surface area contributed by atoms with Gasteiger partial charge in [0.2, 0.25) is 5.91 Å². The van der Waals surface area contributed by atoms with Crippen molar-refractivity contribution in [1.29, 1.82) is 0 Å². The van der Waals surface area contributed by atoms with E-state index in [0.29, 0.717) is 30.6 Å². The molecule has 0 bridgehead atoms. The largest absolute Gasteiger partial charge is 0.493 e. The molecule has 0 aliphatic heterocycles. The van der Waals surface area contributed by atoms with Crippen LogP contribution in [0.1, 0.15) is 69.3 Å². The van der Waals surface area contributed by atoms with Crippen LogP contribution in [-0.4, -0.2) is 29.2 Å². The first-order chi connectivity index (χ1) is 17.9. The molecule has 3 rings (SSSR count). The molecule has 0 saturated carbocycles. The molecule has 0 aliphatic rings. The van der Waals surface area contributed by atoms with E-state index in [1.807, 2.05) is 52.0 Å². The number of aryl methyl sites for hydroxylation is 1. The fourth-order valence-electron chi connectivity index (χ4n) is 4.00. The zero-order chi connectivity index (χ0) is 27.9. The minimum atomic E-state index is -4.61. The summed E-state index contributed by atoms with van der Waals surface area (Å²) in [5, 5.41) is 5.98. The van der Waals surface area contributed by atoms with E-state index in [1.54, 1.807) is 0 Å². The number of hydrogen-bond acceptors (Lipinski definition) is 6. The van der Waals surface area contributed by atoms with E-state index in [2.05, 4.69) is 10.5 Å². The Morgan fingerprint density at radius 1 is 1.05 bits per heavy atom. The van der Waals surface area contributed by atoms with Crippen molar-refractivity contribution in [2.24, 2.45) is 0 Å². The minimum absolute atomic E-state index is 0.0689. The molecule has 38 heavy (non-hydrogen) atoms. The predicted molar refractivity (Wildman–Crippen MR) is 136 cm³/mol. The van der Waals surface area contributed by atoms with Gasteiger partial charge in [0.1, 0.15) is 11.4 Å². The zero-order valence-electron chi connectivity index (χ0n) is 22.0. The van der Waals surface area contributed by atoms with E-state index in [9.17, 15) is 22.8 Å². The first-order valence-electron chi connectivity index (χ1n) is 12.6. The highest BCUT2D eigenvalue weighted by molar-refractivity contribution is 5.85. The molecule has 1 N–H and O–H groups in total. The third kappa shape index (κ3) is 7.97. The van der Waals surface area contributed by atoms with Gasteiger partial charge in [-0.25, -0.2) is 0 Å². The van der Waals surface area contributed by atoms with Gasteiger partial charge in [-0.1, -0.05) is 42.8 Å². The summed E-state index contributed by atoms with van der Waals surface area (Å²) in [4.78, 5) is 24.6. The number of esters is 1. The van der Waals surface area contributed by atoms with Crippen molar-refractivity contribution in [3.63, 3.8) is 0 Å². The van der Waals surface area contributed by atoms with E-state index >= 15 is 0 Å². The number of alkyl halides is 3. The van der Waals surface area contributed by atoms with Crippen molar-refractivity contribution in [2.45, 2.75) is 78.1 Å². The smallest absolute Gasteiger partial charge is 0.437 e. The molecule has 0 atom stereocenters. The lowest BCUT2D eigenvalue weighted by molar-refractivity contribution is -0.154. The van der Waals surface area contributed by atoms with E-state index < -0.39 is 17.5 Å². The third-order valence-corrected chi connectivity index (χ3v) is 5.62. The van der Waals surface area contributed by atoms with Gasteiger partial charge in [-0.2, -0.15) is 13.2 Å². The number of rotatable bonds is 11. The Hall–Kier alpha value is -3.56. The summed E-state index contributed by atoms with van der Waals surface area (Å²) in [7, 11) is 0. The van der Waals surface area contributed by atoms with E-state index in [0.717, 1.165) is 11.1 Å². The van der Waals surface area contributed by atoms with Crippen LogP contribution in [0.25, 0.3) is 11.0 Å². The highest BCUT2D eigenvalue weighted by Gasteiger charge is 2.37. The number of aromatic nitrogens is 1. The molecular weight excluding hydrogens is 501 g/mol. The molecule has 0 saturated heterocycles. The maximum Gasteiger partial charge on any atom is 0.437 e. The molecule has 3 aromatic rings. The Balaban J connectivity index is 1.53. The number of fused-ring (bicyclic) bond motifs is 1. The second-order valence-corrected chi connectivity index (χ2v) is 9.96. The molecule has 0 spiro atoms. The molecule has 1 amide bonds. The standard InChI is InChI=1S/C28H33F3N2O5/c1-5-9-20-22(14-13-21-25(20)38-33-26(21)28(29,30)31)36-15-8-12-23(34)32-17-19-11-7-6-10-18(19)16-24(35)37-27(2,3)4/h6-7,10-11,13-14H,5,8-9,12,15-17H2,1-4H3,(H,32,34). The van der Waals surface area contributed by atoms with Crippen molar-refractivity contribution in [1.82, 2.24) is 10.5 Å². The van der Waals surface area contributed by atoms with Gasteiger partial charge in [0.05, 0.1) is 18.4 Å². The number of carbonyl (C=O) groups is 2. The van der Waals surface area contributed by atoms with Gasteiger partial charge in [-0.15, -0.1) is 0 Å². The number of ether oxygens (including phenoxy) is 2. The van der Waals surface area contributed by atoms with Gasteiger partial charge in [-0.3, -0.25) is 9.59 Å². The van der Waals surface area contributed by atoms with Gasteiger partial charge in [-0.05, 0) is 56.9 Å². The van der Waals surface area contributed by atoms with Crippen LogP contribution in [0.5, 0.6) is 5.75 Å². The van der Waals surface area contributed by atoms with Crippen LogP contribution in [-0.2, 0) is 39.9 Å². The molecule has 1 heterocycles. The van der Waals surface area contributed by atoms with Crippen molar-refractivity contribution in [3.05, 3.63) is 58.8 Å². The van der Waals surface area contributed by atoms with Crippen molar-refractivity contribution < 1.29 is 36.8 Å². The summed E-state index contributed by atoms with van der Waals surface area (Å²) in [5.41, 5.74) is 0.571. The lowest BCUT2D eigenvalue weighted by Gasteiger charge is -2.20. The topological polar surface area (TPSA) is 90.7 Å². The molecule has 206 valence electrons. The summed E-state index contributed by atoms with van der Waals surface area (Å²) in [6, 6.07) is 10.1. The molecule has 0 aliphatic carbocycles. The van der Waals surface area contributed by atoms with Crippen LogP contribution < -0.4 is 10.1 Å². The van der Waals surface area contributed by atoms with Gasteiger partial charge in [0, 0.05) is 18.5 Å². The lowest BCUT2D eigenvalue weighted by Crippen LogP contribution is -2.26. The summed E-state index contributed by atoms with van der Waals surface area (Å²) >= 11 is 0. The minimum Gasteiger partial charge on any atom is -0.493 e. The Morgan fingerprint density at radius 2 is 1.76 bits per heavy atom. The van der Waals surface area contributed by atoms with Crippen LogP contribution in [0.4, 0.5) is 13.2 Å². The molecule has 0 fully saturated rings. The Kier molecular flexibility index (Phi) is 9.40. The van der Waals surface area contributed by atoms with Crippen molar-refractivity contribution >= 4 is 22.8 Å².